The van der Waals surface area contributed by atoms with E-state index in [0.717, 1.165) is 39.2 Å². The number of aromatic amines is 1. The topological polar surface area (TPSA) is 105 Å². The van der Waals surface area contributed by atoms with Gasteiger partial charge in [0.1, 0.15) is 17.5 Å². The third-order valence-corrected chi connectivity index (χ3v) is 7.09. The fourth-order valence-electron chi connectivity index (χ4n) is 5.15. The minimum absolute atomic E-state index is 0.0836. The van der Waals surface area contributed by atoms with Crippen molar-refractivity contribution in [2.45, 2.75) is 13.0 Å². The Kier molecular flexibility index (Phi) is 4.94. The smallest absolute Gasteiger partial charge is 0.178 e. The molecule has 7 rings (SSSR count). The van der Waals surface area contributed by atoms with Gasteiger partial charge in [0.25, 0.3) is 0 Å². The Bertz CT molecular complexity index is 1760. The predicted molar refractivity (Wildman–Crippen MR) is 147 cm³/mol. The molecule has 188 valence electrons. The average molecular weight is 505 g/mol. The second-order valence-electron chi connectivity index (χ2n) is 9.91. The molecule has 1 unspecified atom stereocenters. The van der Waals surface area contributed by atoms with E-state index >= 15 is 4.39 Å². The van der Waals surface area contributed by atoms with Gasteiger partial charge in [-0.05, 0) is 42.3 Å². The summed E-state index contributed by atoms with van der Waals surface area (Å²) in [6.07, 6.45) is 6.89. The average Bonchev–Trinajstić information content (AvgIpc) is 3.58. The van der Waals surface area contributed by atoms with Crippen molar-refractivity contribution in [3.63, 3.8) is 0 Å². The molecule has 4 aromatic heterocycles. The number of pyridine rings is 3. The molecule has 0 saturated carbocycles. The van der Waals surface area contributed by atoms with Crippen LogP contribution in [0.25, 0.3) is 39.0 Å². The number of halogens is 1. The Labute approximate surface area is 218 Å². The molecule has 1 atom stereocenters. The lowest BCUT2D eigenvalue weighted by molar-refractivity contribution is 0.626. The van der Waals surface area contributed by atoms with E-state index in [2.05, 4.69) is 36.6 Å². The summed E-state index contributed by atoms with van der Waals surface area (Å²) in [5.74, 6) is 0.717. The summed E-state index contributed by atoms with van der Waals surface area (Å²) < 4.78 is 16.6. The molecule has 38 heavy (non-hydrogen) atoms. The highest BCUT2D eigenvalue weighted by atomic mass is 19.1. The first-order valence-corrected chi connectivity index (χ1v) is 12.5. The lowest BCUT2D eigenvalue weighted by Gasteiger charge is -2.17. The molecule has 2 aliphatic rings. The largest absolute Gasteiger partial charge is 0.378 e. The van der Waals surface area contributed by atoms with Crippen LogP contribution in [0.1, 0.15) is 17.0 Å². The number of aromatic nitrogens is 5. The number of imidazole rings is 1. The maximum Gasteiger partial charge on any atom is 0.178 e. The summed E-state index contributed by atoms with van der Waals surface area (Å²) >= 11 is 0. The first-order valence-electron chi connectivity index (χ1n) is 12.5. The number of hydrogen-bond donors (Lipinski definition) is 3. The number of benzene rings is 1. The lowest BCUT2D eigenvalue weighted by atomic mass is 9.97. The fourth-order valence-corrected chi connectivity index (χ4v) is 5.15. The minimum Gasteiger partial charge on any atom is -0.378 e. The number of anilines is 2. The van der Waals surface area contributed by atoms with Gasteiger partial charge in [-0.25, -0.2) is 19.3 Å². The van der Waals surface area contributed by atoms with E-state index in [1.165, 1.54) is 0 Å². The summed E-state index contributed by atoms with van der Waals surface area (Å²) in [6.45, 7) is 2.63. The summed E-state index contributed by atoms with van der Waals surface area (Å²) in [4.78, 5) is 23.7. The first kappa shape index (κ1) is 22.4. The Morgan fingerprint density at radius 2 is 1.89 bits per heavy atom. The molecule has 9 heteroatoms. The normalized spacial score (nSPS) is 15.8. The van der Waals surface area contributed by atoms with Crippen LogP contribution in [0.15, 0.2) is 66.9 Å². The number of rotatable bonds is 4. The van der Waals surface area contributed by atoms with E-state index in [4.69, 9.17) is 4.98 Å². The van der Waals surface area contributed by atoms with Gasteiger partial charge in [-0.2, -0.15) is 0 Å². The molecule has 1 fully saturated rings. The molecule has 0 aliphatic carbocycles. The van der Waals surface area contributed by atoms with Crippen molar-refractivity contribution in [2.75, 3.05) is 30.9 Å². The maximum absolute atomic E-state index is 16.6. The number of nitrogens with one attached hydrogen (secondary N) is 3. The maximum atomic E-state index is 16.6. The molecule has 0 radical (unpaired) electrons. The number of nitrogens with zero attached hydrogens (tertiary/aromatic N) is 5. The standard InChI is InChI=1S/C29H25FN8/c1-15-9-17(11-18(10-15)38(2)3)20-13-33-27-22(24(20)30)23(26-21(35-26)14-34-27)28-36-25-19(6-8-32-29(25)37-28)16-5-4-7-31-12-16/h4-13,21,35H,14H2,1-3H3,(H,33,34)(H,32,36,37). The quantitative estimate of drug-likeness (QED) is 0.303. The van der Waals surface area contributed by atoms with Gasteiger partial charge in [-0.1, -0.05) is 12.1 Å². The van der Waals surface area contributed by atoms with Crippen LogP contribution < -0.4 is 15.5 Å². The summed E-state index contributed by atoms with van der Waals surface area (Å²) in [6, 6.07) is 12.0. The Hall–Kier alpha value is -4.79. The van der Waals surface area contributed by atoms with Gasteiger partial charge in [-0.3, -0.25) is 4.98 Å². The van der Waals surface area contributed by atoms with Crippen LogP contribution in [0.2, 0.25) is 0 Å². The van der Waals surface area contributed by atoms with Crippen molar-refractivity contribution in [2.24, 2.45) is 0 Å². The second-order valence-corrected chi connectivity index (χ2v) is 9.91. The van der Waals surface area contributed by atoms with Crippen LogP contribution in [0.3, 0.4) is 0 Å². The molecule has 5 aromatic rings. The zero-order chi connectivity index (χ0) is 26.0. The third kappa shape index (κ3) is 3.58. The zero-order valence-electron chi connectivity index (χ0n) is 21.2. The first-order chi connectivity index (χ1) is 18.5. The van der Waals surface area contributed by atoms with Gasteiger partial charge >= 0.3 is 0 Å². The number of hydrogen-bond acceptors (Lipinski definition) is 7. The van der Waals surface area contributed by atoms with Gasteiger partial charge in [0.15, 0.2) is 5.65 Å². The number of aryl methyl sites for hydroxylation is 1. The molecular weight excluding hydrogens is 479 g/mol. The fraction of sp³-hybridized carbons (Fsp3) is 0.172. The molecule has 1 aromatic carbocycles. The van der Waals surface area contributed by atoms with Crippen molar-refractivity contribution in [3.8, 4) is 22.3 Å². The van der Waals surface area contributed by atoms with E-state index in [-0.39, 0.29) is 11.9 Å². The Morgan fingerprint density at radius 3 is 2.71 bits per heavy atom. The monoisotopic (exact) mass is 504 g/mol. The van der Waals surface area contributed by atoms with Crippen molar-refractivity contribution in [3.05, 3.63) is 89.7 Å². The van der Waals surface area contributed by atoms with E-state index in [1.54, 1.807) is 24.8 Å². The van der Waals surface area contributed by atoms with Crippen molar-refractivity contribution in [1.82, 2.24) is 30.2 Å². The van der Waals surface area contributed by atoms with Crippen molar-refractivity contribution >= 4 is 28.2 Å². The predicted octanol–water partition coefficient (Wildman–Crippen LogP) is 4.75. The SMILES string of the molecule is Cc1cc(-c2cnc3c(c2F)C(c2nc4nccc(-c5cccnc5)c4[nH]2)=C2NC2CN3)cc(N(C)C)c1. The molecule has 8 nitrogen and oxygen atoms in total. The van der Waals surface area contributed by atoms with Crippen molar-refractivity contribution in [1.29, 1.82) is 0 Å². The van der Waals surface area contributed by atoms with E-state index in [1.807, 2.05) is 56.3 Å². The van der Waals surface area contributed by atoms with E-state index in [9.17, 15) is 0 Å². The van der Waals surface area contributed by atoms with E-state index < -0.39 is 0 Å². The second kappa shape index (κ2) is 8.37. The highest BCUT2D eigenvalue weighted by Crippen LogP contribution is 2.42. The molecule has 3 N–H and O–H groups in total. The zero-order valence-corrected chi connectivity index (χ0v) is 21.2. The van der Waals surface area contributed by atoms with Gasteiger partial charge in [0.05, 0.1) is 22.7 Å². The number of H-pyrrole nitrogens is 1. The molecular formula is C29H25FN8. The van der Waals surface area contributed by atoms with Crippen LogP contribution in [-0.2, 0) is 0 Å². The summed E-state index contributed by atoms with van der Waals surface area (Å²) in [5, 5.41) is 6.71. The highest BCUT2D eigenvalue weighted by molar-refractivity contribution is 5.95. The van der Waals surface area contributed by atoms with Crippen molar-refractivity contribution < 1.29 is 4.39 Å². The van der Waals surface area contributed by atoms with Crippen LogP contribution >= 0.6 is 0 Å². The third-order valence-electron chi connectivity index (χ3n) is 7.09. The Balaban J connectivity index is 1.43. The van der Waals surface area contributed by atoms with Crippen LogP contribution in [0.4, 0.5) is 15.9 Å². The molecule has 0 amide bonds. The van der Waals surface area contributed by atoms with Crippen LogP contribution in [0, 0.1) is 12.7 Å². The minimum atomic E-state index is -0.337. The summed E-state index contributed by atoms with van der Waals surface area (Å²) in [7, 11) is 3.95. The molecule has 0 spiro atoms. The Morgan fingerprint density at radius 1 is 1.00 bits per heavy atom. The lowest BCUT2D eigenvalue weighted by Crippen LogP contribution is -2.13. The molecule has 0 bridgehead atoms. The van der Waals surface area contributed by atoms with Crippen LogP contribution in [-0.4, -0.2) is 51.6 Å². The van der Waals surface area contributed by atoms with Gasteiger partial charge < -0.3 is 20.5 Å². The highest BCUT2D eigenvalue weighted by Gasteiger charge is 2.39. The number of fused-ring (bicyclic) bond motifs is 3. The molecule has 6 heterocycles. The van der Waals surface area contributed by atoms with Gasteiger partial charge in [0, 0.05) is 73.5 Å². The summed E-state index contributed by atoms with van der Waals surface area (Å²) in [5.41, 5.74) is 8.51. The molecule has 2 aliphatic heterocycles. The van der Waals surface area contributed by atoms with E-state index in [0.29, 0.717) is 40.5 Å². The van der Waals surface area contributed by atoms with Gasteiger partial charge in [-0.15, -0.1) is 0 Å². The van der Waals surface area contributed by atoms with Crippen LogP contribution in [0.5, 0.6) is 0 Å². The molecule has 1 saturated heterocycles. The van der Waals surface area contributed by atoms with Gasteiger partial charge in [0.2, 0.25) is 0 Å².